The van der Waals surface area contributed by atoms with Crippen LogP contribution in [0.3, 0.4) is 0 Å². The van der Waals surface area contributed by atoms with Gasteiger partial charge in [-0.3, -0.25) is 19.1 Å². The van der Waals surface area contributed by atoms with Crippen LogP contribution in [0.4, 0.5) is 4.39 Å². The molecule has 0 bridgehead atoms. The first-order valence-corrected chi connectivity index (χ1v) is 14.3. The van der Waals surface area contributed by atoms with E-state index in [1.165, 1.54) is 13.8 Å². The monoisotopic (exact) mass is 579 g/mol. The Bertz CT molecular complexity index is 1270. The molecule has 1 saturated heterocycles. The van der Waals surface area contributed by atoms with Crippen molar-refractivity contribution in [3.63, 3.8) is 0 Å². The van der Waals surface area contributed by atoms with Crippen molar-refractivity contribution in [2.24, 2.45) is 0 Å². The SMILES string of the molecule is Cc1cn([C@@H]2O[C@H](COP(=S)(NC(C)C(=O)OC(C)C)Oc3ccccc3)[C@@H](O)[C@@]2(F)Cl)c(=O)[nH]c1=O. The van der Waals surface area contributed by atoms with Gasteiger partial charge < -0.3 is 23.6 Å². The number of para-hydroxylation sites is 1. The smallest absolute Gasteiger partial charge is 0.330 e. The van der Waals surface area contributed by atoms with E-state index in [1.807, 2.05) is 4.98 Å². The third-order valence-corrected chi connectivity index (χ3v) is 8.12. The molecule has 2 aromatic rings. The van der Waals surface area contributed by atoms with Gasteiger partial charge in [0.15, 0.2) is 6.23 Å². The molecule has 1 aromatic carbocycles. The first kappa shape index (κ1) is 29.4. The summed E-state index contributed by atoms with van der Waals surface area (Å²) in [6.07, 6.45) is -4.44. The third kappa shape index (κ3) is 7.05. The number of rotatable bonds is 10. The molecular weight excluding hydrogens is 552 g/mol. The van der Waals surface area contributed by atoms with E-state index in [0.717, 1.165) is 10.8 Å². The van der Waals surface area contributed by atoms with E-state index in [2.05, 4.69) is 5.09 Å². The fraction of sp³-hybridized carbons (Fsp3) is 0.500. The summed E-state index contributed by atoms with van der Waals surface area (Å²) >= 11 is 11.5. The highest BCUT2D eigenvalue weighted by molar-refractivity contribution is 8.09. The standard InChI is InChI=1S/C22H28ClFN3O8PS/c1-12(2)33-19(30)14(4)26-36(37,35-15-8-6-5-7-9-15)32-11-16-17(28)22(23,24)20(34-16)27-10-13(3)18(29)25-21(27)31/h5-10,12,14,16-17,20,28H,11H2,1-4H3,(H,26,37)(H,25,29,31)/t14?,16-,17-,20-,22+,36?/m1/s1. The van der Waals surface area contributed by atoms with Gasteiger partial charge >= 0.3 is 18.3 Å². The predicted molar refractivity (Wildman–Crippen MR) is 137 cm³/mol. The average Bonchev–Trinajstić information content (AvgIpc) is 3.03. The molecule has 0 amide bonds. The van der Waals surface area contributed by atoms with Crippen LogP contribution < -0.4 is 20.9 Å². The first-order chi connectivity index (χ1) is 17.2. The summed E-state index contributed by atoms with van der Waals surface area (Å²) in [6.45, 7) is 2.26. The molecule has 11 nitrogen and oxygen atoms in total. The molecule has 15 heteroatoms. The van der Waals surface area contributed by atoms with Gasteiger partial charge in [0.05, 0.1) is 12.7 Å². The van der Waals surface area contributed by atoms with E-state index in [4.69, 9.17) is 41.9 Å². The summed E-state index contributed by atoms with van der Waals surface area (Å²) in [6, 6.07) is 7.48. The second kappa shape index (κ2) is 11.7. The van der Waals surface area contributed by atoms with Crippen LogP contribution in [-0.4, -0.2) is 56.7 Å². The molecule has 37 heavy (non-hydrogen) atoms. The highest BCUT2D eigenvalue weighted by atomic mass is 35.5. The molecule has 3 N–H and O–H groups in total. The minimum absolute atomic E-state index is 0.100. The number of aliphatic hydroxyl groups is 1. The number of ether oxygens (including phenoxy) is 2. The van der Waals surface area contributed by atoms with Gasteiger partial charge in [-0.25, -0.2) is 14.3 Å². The van der Waals surface area contributed by atoms with Crippen LogP contribution >= 0.6 is 18.2 Å². The topological polar surface area (TPSA) is 141 Å². The van der Waals surface area contributed by atoms with Crippen LogP contribution in [0, 0.1) is 6.92 Å². The predicted octanol–water partition coefficient (Wildman–Crippen LogP) is 2.26. The van der Waals surface area contributed by atoms with Gasteiger partial charge in [0, 0.05) is 11.8 Å². The number of aromatic nitrogens is 2. The first-order valence-electron chi connectivity index (χ1n) is 11.2. The number of halogens is 2. The fourth-order valence-corrected chi connectivity index (χ4v) is 6.09. The third-order valence-electron chi connectivity index (χ3n) is 5.21. The highest BCUT2D eigenvalue weighted by Gasteiger charge is 2.58. The number of aromatic amines is 1. The molecule has 2 unspecified atom stereocenters. The number of nitrogens with one attached hydrogen (secondary N) is 2. The number of benzene rings is 1. The Labute approximate surface area is 222 Å². The summed E-state index contributed by atoms with van der Waals surface area (Å²) in [5.74, 6) is -0.265. The maximum atomic E-state index is 15.4. The lowest BCUT2D eigenvalue weighted by Gasteiger charge is -2.28. The molecule has 0 aliphatic carbocycles. The van der Waals surface area contributed by atoms with Crippen LogP contribution in [-0.2, 0) is 30.6 Å². The Hall–Kier alpha value is -2.12. The van der Waals surface area contributed by atoms with Crippen molar-refractivity contribution in [2.45, 2.75) is 63.4 Å². The van der Waals surface area contributed by atoms with E-state index in [0.29, 0.717) is 5.75 Å². The molecule has 2 heterocycles. The lowest BCUT2D eigenvalue weighted by atomic mass is 10.1. The van der Waals surface area contributed by atoms with E-state index in [-0.39, 0.29) is 11.7 Å². The molecule has 6 atom stereocenters. The van der Waals surface area contributed by atoms with Gasteiger partial charge in [0.25, 0.3) is 10.7 Å². The molecule has 1 aliphatic heterocycles. The maximum Gasteiger partial charge on any atom is 0.330 e. The molecule has 0 spiro atoms. The van der Waals surface area contributed by atoms with Gasteiger partial charge in [-0.1, -0.05) is 29.8 Å². The summed E-state index contributed by atoms with van der Waals surface area (Å²) in [5, 5.41) is 10.4. The largest absolute Gasteiger partial charge is 0.462 e. The van der Waals surface area contributed by atoms with E-state index in [9.17, 15) is 19.5 Å². The molecule has 204 valence electrons. The molecule has 3 rings (SSSR count). The Morgan fingerprint density at radius 1 is 1.35 bits per heavy atom. The summed E-state index contributed by atoms with van der Waals surface area (Å²) in [5.41, 5.74) is -1.54. The van der Waals surface area contributed by atoms with Crippen molar-refractivity contribution in [1.82, 2.24) is 14.6 Å². The highest BCUT2D eigenvalue weighted by Crippen LogP contribution is 2.48. The summed E-state index contributed by atoms with van der Waals surface area (Å²) in [4.78, 5) is 38.3. The van der Waals surface area contributed by atoms with Crippen molar-refractivity contribution in [3.8, 4) is 5.75 Å². The van der Waals surface area contributed by atoms with E-state index < -0.39 is 60.1 Å². The molecular formula is C22H28ClFN3O8PS. The number of esters is 1. The Kier molecular flexibility index (Phi) is 9.33. The number of aryl methyl sites for hydroxylation is 1. The van der Waals surface area contributed by atoms with E-state index >= 15 is 4.39 Å². The van der Waals surface area contributed by atoms with Gasteiger partial charge in [0.1, 0.15) is 24.0 Å². The minimum Gasteiger partial charge on any atom is -0.462 e. The zero-order valence-corrected chi connectivity index (χ0v) is 22.9. The van der Waals surface area contributed by atoms with Crippen LogP contribution in [0.1, 0.15) is 32.6 Å². The lowest BCUT2D eigenvalue weighted by molar-refractivity contribution is -0.149. The van der Waals surface area contributed by atoms with Crippen LogP contribution in [0.5, 0.6) is 5.75 Å². The lowest BCUT2D eigenvalue weighted by Crippen LogP contribution is -2.42. The minimum atomic E-state index is -3.52. The molecule has 0 radical (unpaired) electrons. The van der Waals surface area contributed by atoms with Crippen molar-refractivity contribution < 1.29 is 32.8 Å². The fourth-order valence-electron chi connectivity index (χ4n) is 3.37. The number of hydrogen-bond acceptors (Lipinski definition) is 9. The number of H-pyrrole nitrogens is 1. The van der Waals surface area contributed by atoms with Gasteiger partial charge in [-0.2, -0.15) is 0 Å². The molecule has 1 fully saturated rings. The maximum absolute atomic E-state index is 15.4. The second-order valence-electron chi connectivity index (χ2n) is 8.66. The number of alkyl halides is 2. The van der Waals surface area contributed by atoms with Crippen LogP contribution in [0.2, 0.25) is 0 Å². The summed E-state index contributed by atoms with van der Waals surface area (Å²) < 4.78 is 38.5. The van der Waals surface area contributed by atoms with Crippen molar-refractivity contribution in [1.29, 1.82) is 0 Å². The normalized spacial score (nSPS) is 26.0. The molecule has 0 saturated carbocycles. The van der Waals surface area contributed by atoms with Crippen LogP contribution in [0.25, 0.3) is 0 Å². The van der Waals surface area contributed by atoms with E-state index in [1.54, 1.807) is 44.2 Å². The van der Waals surface area contributed by atoms with Crippen molar-refractivity contribution >= 4 is 36.0 Å². The molecule has 1 aliphatic rings. The zero-order chi connectivity index (χ0) is 27.5. The van der Waals surface area contributed by atoms with Gasteiger partial charge in [0.2, 0.25) is 0 Å². The second-order valence-corrected chi connectivity index (χ2v) is 12.4. The van der Waals surface area contributed by atoms with Crippen molar-refractivity contribution in [3.05, 3.63) is 62.9 Å². The summed E-state index contributed by atoms with van der Waals surface area (Å²) in [7, 11) is 0. The Morgan fingerprint density at radius 2 is 2.00 bits per heavy atom. The average molecular weight is 580 g/mol. The number of hydrogen-bond donors (Lipinski definition) is 3. The van der Waals surface area contributed by atoms with Crippen LogP contribution in [0.15, 0.2) is 46.1 Å². The molecule has 1 aromatic heterocycles. The van der Waals surface area contributed by atoms with Gasteiger partial charge in [-0.05, 0) is 51.6 Å². The zero-order valence-electron chi connectivity index (χ0n) is 20.4. The quantitative estimate of drug-likeness (QED) is 0.218. The Balaban J connectivity index is 1.82. The number of carbonyl (C=O) groups excluding carboxylic acids is 1. The number of nitrogens with zero attached hydrogens (tertiary/aromatic N) is 1. The van der Waals surface area contributed by atoms with Crippen molar-refractivity contribution in [2.75, 3.05) is 6.61 Å². The van der Waals surface area contributed by atoms with Gasteiger partial charge in [-0.15, -0.1) is 0 Å². The Morgan fingerprint density at radius 3 is 2.62 bits per heavy atom. The number of carbonyl (C=O) groups is 1. The number of aliphatic hydroxyl groups excluding tert-OH is 1.